The molecule has 0 fully saturated rings. The molecule has 3 aromatic rings. The Hall–Kier alpha value is -2.87. The van der Waals surface area contributed by atoms with E-state index >= 15 is 0 Å². The van der Waals surface area contributed by atoms with E-state index in [4.69, 9.17) is 4.74 Å². The number of methoxy groups -OCH3 is 1. The van der Waals surface area contributed by atoms with Gasteiger partial charge in [0.2, 0.25) is 5.95 Å². The molecule has 0 atom stereocenters. The standard InChI is InChI=1S/C17H16F2N4O2.ClH/c1-22(11-5-7-13(19)14(24)9-11)17-21-20-16(23(17)2)12-6-4-10(18)8-15(12)25-3;/h4-9,24H,1-3H3;1H. The number of hydrogen-bond acceptors (Lipinski definition) is 5. The lowest BCUT2D eigenvalue weighted by molar-refractivity contribution is 0.412. The summed E-state index contributed by atoms with van der Waals surface area (Å²) in [6, 6.07) is 8.12. The minimum absolute atomic E-state index is 0. The van der Waals surface area contributed by atoms with Crippen molar-refractivity contribution in [2.24, 2.45) is 7.05 Å². The van der Waals surface area contributed by atoms with Gasteiger partial charge in [-0.2, -0.15) is 0 Å². The molecule has 0 spiro atoms. The van der Waals surface area contributed by atoms with Gasteiger partial charge < -0.3 is 14.7 Å². The number of halogens is 3. The topological polar surface area (TPSA) is 63.4 Å². The fraction of sp³-hybridized carbons (Fsp3) is 0.176. The summed E-state index contributed by atoms with van der Waals surface area (Å²) in [6.07, 6.45) is 0. The van der Waals surface area contributed by atoms with Crippen molar-refractivity contribution in [1.82, 2.24) is 14.8 Å². The molecule has 2 aromatic carbocycles. The average Bonchev–Trinajstić information content (AvgIpc) is 2.98. The maximum absolute atomic E-state index is 13.4. The van der Waals surface area contributed by atoms with Crippen LogP contribution in [0.3, 0.4) is 0 Å². The Balaban J connectivity index is 0.00000243. The molecule has 0 amide bonds. The van der Waals surface area contributed by atoms with E-state index in [0.717, 1.165) is 0 Å². The summed E-state index contributed by atoms with van der Waals surface area (Å²) >= 11 is 0. The SMILES string of the molecule is COc1cc(F)ccc1-c1nnc(N(C)c2ccc(F)c(O)c2)n1C.Cl. The highest BCUT2D eigenvalue weighted by Crippen LogP contribution is 2.32. The van der Waals surface area contributed by atoms with Crippen molar-refractivity contribution in [3.05, 3.63) is 48.0 Å². The van der Waals surface area contributed by atoms with Gasteiger partial charge in [-0.3, -0.25) is 4.57 Å². The van der Waals surface area contributed by atoms with E-state index in [9.17, 15) is 13.9 Å². The van der Waals surface area contributed by atoms with E-state index in [1.54, 1.807) is 29.6 Å². The lowest BCUT2D eigenvalue weighted by Crippen LogP contribution is -2.14. The summed E-state index contributed by atoms with van der Waals surface area (Å²) in [7, 11) is 4.90. The molecule has 0 aliphatic heterocycles. The largest absolute Gasteiger partial charge is 0.505 e. The number of aromatic nitrogens is 3. The van der Waals surface area contributed by atoms with Crippen molar-refractivity contribution in [2.75, 3.05) is 19.1 Å². The number of rotatable bonds is 4. The number of nitrogens with zero attached hydrogens (tertiary/aromatic N) is 4. The van der Waals surface area contributed by atoms with Crippen LogP contribution >= 0.6 is 12.4 Å². The first-order valence-corrected chi connectivity index (χ1v) is 7.38. The van der Waals surface area contributed by atoms with Crippen molar-refractivity contribution in [3.63, 3.8) is 0 Å². The Bertz CT molecular complexity index is 933. The zero-order chi connectivity index (χ0) is 18.1. The van der Waals surface area contributed by atoms with Gasteiger partial charge in [0.15, 0.2) is 17.4 Å². The molecular weight excluding hydrogens is 366 g/mol. The number of phenolic OH excluding ortho intramolecular Hbond substituents is 1. The Morgan fingerprint density at radius 2 is 1.85 bits per heavy atom. The lowest BCUT2D eigenvalue weighted by atomic mass is 10.2. The molecule has 9 heteroatoms. The van der Waals surface area contributed by atoms with Crippen molar-refractivity contribution in [2.45, 2.75) is 0 Å². The number of phenols is 1. The molecule has 0 bridgehead atoms. The van der Waals surface area contributed by atoms with Crippen LogP contribution in [0.15, 0.2) is 36.4 Å². The molecule has 26 heavy (non-hydrogen) atoms. The van der Waals surface area contributed by atoms with Crippen LogP contribution in [0.4, 0.5) is 20.4 Å². The van der Waals surface area contributed by atoms with Crippen LogP contribution in [0, 0.1) is 11.6 Å². The third-order valence-electron chi connectivity index (χ3n) is 3.87. The van der Waals surface area contributed by atoms with E-state index in [-0.39, 0.29) is 12.4 Å². The van der Waals surface area contributed by atoms with Crippen molar-refractivity contribution >= 4 is 24.0 Å². The first kappa shape index (κ1) is 19.5. The Morgan fingerprint density at radius 1 is 1.12 bits per heavy atom. The fourth-order valence-corrected chi connectivity index (χ4v) is 2.52. The number of benzene rings is 2. The molecular formula is C17H17ClF2N4O2. The average molecular weight is 383 g/mol. The molecule has 0 unspecified atom stereocenters. The molecule has 1 N–H and O–H groups in total. The summed E-state index contributed by atoms with van der Waals surface area (Å²) in [4.78, 5) is 1.64. The molecule has 0 aliphatic carbocycles. The maximum Gasteiger partial charge on any atom is 0.231 e. The molecule has 6 nitrogen and oxygen atoms in total. The van der Waals surface area contributed by atoms with Gasteiger partial charge in [-0.25, -0.2) is 8.78 Å². The maximum atomic E-state index is 13.4. The highest BCUT2D eigenvalue weighted by molar-refractivity contribution is 5.85. The van der Waals surface area contributed by atoms with Crippen LogP contribution < -0.4 is 9.64 Å². The molecule has 1 heterocycles. The molecule has 0 aliphatic rings. The third-order valence-corrected chi connectivity index (χ3v) is 3.87. The van der Waals surface area contributed by atoms with Gasteiger partial charge in [-0.05, 0) is 24.3 Å². The molecule has 138 valence electrons. The molecule has 0 radical (unpaired) electrons. The summed E-state index contributed by atoms with van der Waals surface area (Å²) in [5.74, 6) is -0.303. The number of hydrogen-bond donors (Lipinski definition) is 1. The third kappa shape index (κ3) is 3.41. The van der Waals surface area contributed by atoms with Crippen LogP contribution in [0.1, 0.15) is 0 Å². The van der Waals surface area contributed by atoms with Gasteiger partial charge in [0.25, 0.3) is 0 Å². The second-order valence-electron chi connectivity index (χ2n) is 5.42. The number of ether oxygens (including phenoxy) is 1. The minimum atomic E-state index is -0.702. The van der Waals surface area contributed by atoms with Crippen molar-refractivity contribution in [1.29, 1.82) is 0 Å². The van der Waals surface area contributed by atoms with Crippen LogP contribution in [0.2, 0.25) is 0 Å². The smallest absolute Gasteiger partial charge is 0.231 e. The van der Waals surface area contributed by atoms with Gasteiger partial charge in [0, 0.05) is 31.9 Å². The molecule has 1 aromatic heterocycles. The lowest BCUT2D eigenvalue weighted by Gasteiger charge is -2.18. The van der Waals surface area contributed by atoms with Gasteiger partial charge in [-0.15, -0.1) is 22.6 Å². The second kappa shape index (κ2) is 7.57. The predicted octanol–water partition coefficient (Wildman–Crippen LogP) is 3.66. The van der Waals surface area contributed by atoms with Crippen LogP contribution in [0.25, 0.3) is 11.4 Å². The zero-order valence-corrected chi connectivity index (χ0v) is 15.1. The number of anilines is 2. The zero-order valence-electron chi connectivity index (χ0n) is 14.3. The minimum Gasteiger partial charge on any atom is -0.505 e. The summed E-state index contributed by atoms with van der Waals surface area (Å²) < 4.78 is 33.5. The predicted molar refractivity (Wildman–Crippen MR) is 96.3 cm³/mol. The Labute approximate surface area is 155 Å². The van der Waals surface area contributed by atoms with Gasteiger partial charge >= 0.3 is 0 Å². The molecule has 0 saturated carbocycles. The fourth-order valence-electron chi connectivity index (χ4n) is 2.52. The quantitative estimate of drug-likeness (QED) is 0.746. The van der Waals surface area contributed by atoms with Gasteiger partial charge in [-0.1, -0.05) is 0 Å². The monoisotopic (exact) mass is 382 g/mol. The Kier molecular flexibility index (Phi) is 5.66. The Morgan fingerprint density at radius 3 is 2.50 bits per heavy atom. The van der Waals surface area contributed by atoms with Gasteiger partial charge in [0.1, 0.15) is 11.6 Å². The summed E-state index contributed by atoms with van der Waals surface area (Å²) in [5.41, 5.74) is 1.12. The van der Waals surface area contributed by atoms with Crippen LogP contribution in [-0.2, 0) is 7.05 Å². The second-order valence-corrected chi connectivity index (χ2v) is 5.42. The van der Waals surface area contributed by atoms with E-state index < -0.39 is 17.4 Å². The van der Waals surface area contributed by atoms with E-state index in [2.05, 4.69) is 10.2 Å². The summed E-state index contributed by atoms with van der Waals surface area (Å²) in [5, 5.41) is 17.8. The molecule has 3 rings (SSSR count). The van der Waals surface area contributed by atoms with E-state index in [1.807, 2.05) is 0 Å². The van der Waals surface area contributed by atoms with Crippen LogP contribution in [-0.4, -0.2) is 34.0 Å². The van der Waals surface area contributed by atoms with E-state index in [1.165, 1.54) is 37.4 Å². The van der Waals surface area contributed by atoms with Crippen LogP contribution in [0.5, 0.6) is 11.5 Å². The molecule has 0 saturated heterocycles. The van der Waals surface area contributed by atoms with Crippen molar-refractivity contribution < 1.29 is 18.6 Å². The summed E-state index contributed by atoms with van der Waals surface area (Å²) in [6.45, 7) is 0. The van der Waals surface area contributed by atoms with E-state index in [0.29, 0.717) is 28.8 Å². The first-order valence-electron chi connectivity index (χ1n) is 7.38. The highest BCUT2D eigenvalue weighted by atomic mass is 35.5. The number of aromatic hydroxyl groups is 1. The first-order chi connectivity index (χ1) is 11.9. The highest BCUT2D eigenvalue weighted by Gasteiger charge is 2.19. The van der Waals surface area contributed by atoms with Crippen molar-refractivity contribution in [3.8, 4) is 22.9 Å². The van der Waals surface area contributed by atoms with Gasteiger partial charge in [0.05, 0.1) is 12.7 Å². The normalized spacial score (nSPS) is 10.3.